The van der Waals surface area contributed by atoms with E-state index in [0.29, 0.717) is 11.2 Å². The Morgan fingerprint density at radius 1 is 1.60 bits per heavy atom. The number of nitrogens with zero attached hydrogens (tertiary/aromatic N) is 1. The molecule has 0 aromatic rings. The highest BCUT2D eigenvalue weighted by Gasteiger charge is 2.07. The van der Waals surface area contributed by atoms with E-state index in [0.717, 1.165) is 13.0 Å². The van der Waals surface area contributed by atoms with Crippen LogP contribution in [-0.2, 0) is 0 Å². The number of thiocarbonyl (C=S) groups is 1. The van der Waals surface area contributed by atoms with Crippen LogP contribution in [0.3, 0.4) is 0 Å². The molecule has 0 saturated carbocycles. The van der Waals surface area contributed by atoms with Gasteiger partial charge in [0.1, 0.15) is 0 Å². The normalized spacial score (nSPS) is 10.0. The van der Waals surface area contributed by atoms with Crippen LogP contribution in [0.25, 0.3) is 0 Å². The summed E-state index contributed by atoms with van der Waals surface area (Å²) < 4.78 is 0. The summed E-state index contributed by atoms with van der Waals surface area (Å²) in [6.45, 7) is 7.27. The molecule has 0 radical (unpaired) electrons. The first-order chi connectivity index (χ1) is 4.59. The van der Waals surface area contributed by atoms with E-state index in [-0.39, 0.29) is 0 Å². The fourth-order valence-electron chi connectivity index (χ4n) is 0.864. The van der Waals surface area contributed by atoms with Crippen molar-refractivity contribution in [1.29, 1.82) is 0 Å². The van der Waals surface area contributed by atoms with E-state index in [1.165, 1.54) is 0 Å². The van der Waals surface area contributed by atoms with Crippen molar-refractivity contribution in [2.24, 2.45) is 5.73 Å². The maximum Gasteiger partial charge on any atom is 0.166 e. The third-order valence-corrected chi connectivity index (χ3v) is 1.61. The maximum atomic E-state index is 5.48. The van der Waals surface area contributed by atoms with Crippen LogP contribution in [-0.4, -0.2) is 22.6 Å². The van der Waals surface area contributed by atoms with Gasteiger partial charge in [-0.15, -0.1) is 0 Å². The van der Waals surface area contributed by atoms with Crippen LogP contribution in [0.2, 0.25) is 0 Å². The quantitative estimate of drug-likeness (QED) is 0.632. The molecular weight excluding hydrogens is 144 g/mol. The van der Waals surface area contributed by atoms with Gasteiger partial charge in [0.25, 0.3) is 0 Å². The third kappa shape index (κ3) is 3.01. The van der Waals surface area contributed by atoms with E-state index in [1.807, 2.05) is 4.90 Å². The minimum Gasteiger partial charge on any atom is -0.376 e. The molecule has 0 aromatic carbocycles. The molecule has 0 aliphatic carbocycles. The predicted molar refractivity (Wildman–Crippen MR) is 48.9 cm³/mol. The molecular formula is C7H16N2S. The van der Waals surface area contributed by atoms with Crippen molar-refractivity contribution in [3.05, 3.63) is 0 Å². The maximum absolute atomic E-state index is 5.48. The third-order valence-electron chi connectivity index (χ3n) is 1.37. The Kier molecular flexibility index (Phi) is 4.36. The molecule has 0 rings (SSSR count). The summed E-state index contributed by atoms with van der Waals surface area (Å²) in [6.07, 6.45) is 1.09. The summed E-state index contributed by atoms with van der Waals surface area (Å²) in [5, 5.41) is 0.511. The Morgan fingerprint density at radius 3 is 2.20 bits per heavy atom. The molecule has 0 aliphatic heterocycles. The Morgan fingerprint density at radius 2 is 2.10 bits per heavy atom. The molecule has 3 heteroatoms. The molecule has 0 fully saturated rings. The van der Waals surface area contributed by atoms with Crippen LogP contribution in [0.4, 0.5) is 0 Å². The molecule has 0 atom stereocenters. The van der Waals surface area contributed by atoms with E-state index in [4.69, 9.17) is 18.0 Å². The Balaban J connectivity index is 3.85. The number of hydrogen-bond donors (Lipinski definition) is 1. The minimum atomic E-state index is 0.428. The summed E-state index contributed by atoms with van der Waals surface area (Å²) in [5.74, 6) is 0. The van der Waals surface area contributed by atoms with E-state index in [9.17, 15) is 0 Å². The monoisotopic (exact) mass is 160 g/mol. The highest BCUT2D eigenvalue weighted by atomic mass is 32.1. The molecule has 0 bridgehead atoms. The fraction of sp³-hybridized carbons (Fsp3) is 0.857. The van der Waals surface area contributed by atoms with Crippen molar-refractivity contribution in [3.8, 4) is 0 Å². The van der Waals surface area contributed by atoms with Gasteiger partial charge < -0.3 is 10.6 Å². The van der Waals surface area contributed by atoms with E-state index >= 15 is 0 Å². The molecule has 0 aromatic heterocycles. The van der Waals surface area contributed by atoms with Crippen molar-refractivity contribution in [2.75, 3.05) is 6.54 Å². The van der Waals surface area contributed by atoms with Gasteiger partial charge in [-0.2, -0.15) is 0 Å². The molecule has 0 heterocycles. The lowest BCUT2D eigenvalue weighted by atomic mass is 10.3. The lowest BCUT2D eigenvalue weighted by Gasteiger charge is -2.26. The molecule has 2 N–H and O–H groups in total. The van der Waals surface area contributed by atoms with Crippen molar-refractivity contribution in [1.82, 2.24) is 4.90 Å². The standard InChI is InChI=1S/C7H16N2S/c1-4-5-9(6(2)3)7(8)10/h6H,4-5H2,1-3H3,(H2,8,10). The van der Waals surface area contributed by atoms with Gasteiger partial charge in [0, 0.05) is 12.6 Å². The topological polar surface area (TPSA) is 29.3 Å². The zero-order valence-corrected chi connectivity index (χ0v) is 7.74. The van der Waals surface area contributed by atoms with E-state index in [2.05, 4.69) is 20.8 Å². The van der Waals surface area contributed by atoms with Crippen molar-refractivity contribution < 1.29 is 0 Å². The molecule has 0 unspecified atom stereocenters. The summed E-state index contributed by atoms with van der Waals surface area (Å²) in [7, 11) is 0. The number of nitrogens with two attached hydrogens (primary N) is 1. The first-order valence-electron chi connectivity index (χ1n) is 3.65. The summed E-state index contributed by atoms with van der Waals surface area (Å²) in [5.41, 5.74) is 5.48. The van der Waals surface area contributed by atoms with Gasteiger partial charge >= 0.3 is 0 Å². The highest BCUT2D eigenvalue weighted by molar-refractivity contribution is 7.80. The minimum absolute atomic E-state index is 0.428. The molecule has 0 spiro atoms. The van der Waals surface area contributed by atoms with Crippen LogP contribution in [0.15, 0.2) is 0 Å². The lowest BCUT2D eigenvalue weighted by molar-refractivity contribution is 0.352. The summed E-state index contributed by atoms with van der Waals surface area (Å²) >= 11 is 4.86. The smallest absolute Gasteiger partial charge is 0.166 e. The Hall–Kier alpha value is -0.310. The molecule has 0 amide bonds. The molecule has 0 aliphatic rings. The average Bonchev–Trinajstić information content (AvgIpc) is 1.81. The predicted octanol–water partition coefficient (Wildman–Crippen LogP) is 1.35. The largest absolute Gasteiger partial charge is 0.376 e. The van der Waals surface area contributed by atoms with Gasteiger partial charge in [0.2, 0.25) is 0 Å². The van der Waals surface area contributed by atoms with Gasteiger partial charge in [0.15, 0.2) is 5.11 Å². The summed E-state index contributed by atoms with van der Waals surface area (Å²) in [6, 6.07) is 0.428. The zero-order chi connectivity index (χ0) is 8.15. The van der Waals surface area contributed by atoms with Crippen LogP contribution >= 0.6 is 12.2 Å². The first kappa shape index (κ1) is 9.69. The van der Waals surface area contributed by atoms with Gasteiger partial charge in [-0.25, -0.2) is 0 Å². The Bertz CT molecular complexity index is 112. The SMILES string of the molecule is CCCN(C(N)=S)C(C)C. The van der Waals surface area contributed by atoms with Gasteiger partial charge in [-0.1, -0.05) is 6.92 Å². The van der Waals surface area contributed by atoms with Gasteiger partial charge in [0.05, 0.1) is 0 Å². The van der Waals surface area contributed by atoms with Crippen LogP contribution in [0, 0.1) is 0 Å². The van der Waals surface area contributed by atoms with E-state index in [1.54, 1.807) is 0 Å². The average molecular weight is 160 g/mol. The second kappa shape index (κ2) is 4.50. The second-order valence-corrected chi connectivity index (χ2v) is 3.04. The van der Waals surface area contributed by atoms with Gasteiger partial charge in [-0.05, 0) is 32.5 Å². The van der Waals surface area contributed by atoms with Crippen LogP contribution in [0.1, 0.15) is 27.2 Å². The van der Waals surface area contributed by atoms with Crippen LogP contribution < -0.4 is 5.73 Å². The molecule has 2 nitrogen and oxygen atoms in total. The van der Waals surface area contributed by atoms with Crippen molar-refractivity contribution >= 4 is 17.3 Å². The second-order valence-electron chi connectivity index (χ2n) is 2.63. The summed E-state index contributed by atoms with van der Waals surface area (Å²) in [4.78, 5) is 2.02. The first-order valence-corrected chi connectivity index (χ1v) is 4.06. The van der Waals surface area contributed by atoms with E-state index < -0.39 is 0 Å². The Labute approximate surface area is 68.4 Å². The zero-order valence-electron chi connectivity index (χ0n) is 6.92. The number of hydrogen-bond acceptors (Lipinski definition) is 1. The van der Waals surface area contributed by atoms with Crippen molar-refractivity contribution in [3.63, 3.8) is 0 Å². The molecule has 0 saturated heterocycles. The lowest BCUT2D eigenvalue weighted by Crippen LogP contribution is -2.40. The molecule has 10 heavy (non-hydrogen) atoms. The number of rotatable bonds is 3. The van der Waals surface area contributed by atoms with Gasteiger partial charge in [-0.3, -0.25) is 0 Å². The van der Waals surface area contributed by atoms with Crippen molar-refractivity contribution in [2.45, 2.75) is 33.2 Å². The fourth-order valence-corrected chi connectivity index (χ4v) is 1.17. The van der Waals surface area contributed by atoms with Crippen LogP contribution in [0.5, 0.6) is 0 Å². The molecule has 60 valence electrons. The highest BCUT2D eigenvalue weighted by Crippen LogP contribution is 1.98.